The molecule has 0 unspecified atom stereocenters. The Morgan fingerprint density at radius 1 is 1.19 bits per heavy atom. The van der Waals surface area contributed by atoms with Gasteiger partial charge in [0.05, 0.1) is 6.61 Å². The van der Waals surface area contributed by atoms with Crippen molar-refractivity contribution in [3.63, 3.8) is 0 Å². The smallest absolute Gasteiger partial charge is 0.409 e. The van der Waals surface area contributed by atoms with Gasteiger partial charge in [0.15, 0.2) is 0 Å². The molecular weight excluding hydrogens is 422 g/mol. The molecule has 178 valence electrons. The number of carbonyl (C=O) groups excluding carboxylic acids is 1. The van der Waals surface area contributed by atoms with Crippen molar-refractivity contribution in [2.45, 2.75) is 70.9 Å². The highest BCUT2D eigenvalue weighted by molar-refractivity contribution is 7.96. The van der Waals surface area contributed by atoms with Crippen molar-refractivity contribution in [2.75, 3.05) is 43.9 Å². The maximum absolute atomic E-state index is 12.4. The molecule has 32 heavy (non-hydrogen) atoms. The van der Waals surface area contributed by atoms with Gasteiger partial charge >= 0.3 is 6.09 Å². The van der Waals surface area contributed by atoms with Crippen LogP contribution in [0.1, 0.15) is 58.4 Å². The van der Waals surface area contributed by atoms with Crippen molar-refractivity contribution in [2.24, 2.45) is 5.41 Å². The fourth-order valence-electron chi connectivity index (χ4n) is 4.94. The number of nitrogens with one attached hydrogen (secondary N) is 1. The van der Waals surface area contributed by atoms with Gasteiger partial charge in [0, 0.05) is 50.7 Å². The molecule has 3 aliphatic heterocycles. The number of rotatable bonds is 4. The molecule has 3 aliphatic rings. The van der Waals surface area contributed by atoms with Crippen molar-refractivity contribution in [3.8, 4) is 5.75 Å². The number of piperidine rings is 2. The second kappa shape index (κ2) is 9.72. The third kappa shape index (κ3) is 5.66. The van der Waals surface area contributed by atoms with E-state index in [1.165, 1.54) is 24.1 Å². The fraction of sp³-hybridized carbons (Fsp3) is 0.720. The van der Waals surface area contributed by atoms with E-state index in [0.717, 1.165) is 44.5 Å². The lowest BCUT2D eigenvalue weighted by Gasteiger charge is -2.44. The first-order valence-electron chi connectivity index (χ1n) is 12.0. The molecule has 7 heteroatoms. The number of likely N-dealkylation sites (tertiary alicyclic amines) is 1. The summed E-state index contributed by atoms with van der Waals surface area (Å²) >= 11 is 1.73. The molecule has 0 bridgehead atoms. The summed E-state index contributed by atoms with van der Waals surface area (Å²) in [6, 6.07) is 7.35. The zero-order valence-electron chi connectivity index (χ0n) is 20.1. The van der Waals surface area contributed by atoms with E-state index in [9.17, 15) is 4.79 Å². The van der Waals surface area contributed by atoms with Crippen molar-refractivity contribution in [1.82, 2.24) is 9.62 Å². The second-order valence-corrected chi connectivity index (χ2v) is 11.4. The minimum Gasteiger partial charge on any atom is -0.487 e. The minimum atomic E-state index is -0.188. The normalized spacial score (nSPS) is 21.2. The maximum atomic E-state index is 12.4. The van der Waals surface area contributed by atoms with Gasteiger partial charge < -0.3 is 19.3 Å². The molecule has 2 fully saturated rings. The summed E-state index contributed by atoms with van der Waals surface area (Å²) in [6.45, 7) is 10.3. The Balaban J connectivity index is 1.31. The summed E-state index contributed by atoms with van der Waals surface area (Å²) in [5, 5.41) is 0. The van der Waals surface area contributed by atoms with E-state index in [0.29, 0.717) is 25.7 Å². The van der Waals surface area contributed by atoms with E-state index in [1.54, 1.807) is 11.9 Å². The first-order valence-corrected chi connectivity index (χ1v) is 13.3. The number of hydrogen-bond acceptors (Lipinski definition) is 6. The number of anilines is 1. The standard InChI is InChI=1S/C25H39N3O3S/c1-24(2,3)18-30-23(29)28-15-11-25(12-16-28)10-7-19-17-21(5-6-22(19)31-25)27-13-8-20(9-14-27)26-32-4/h5-6,17,20,26H,7-16,18H2,1-4H3. The third-order valence-corrected chi connectivity index (χ3v) is 7.50. The number of hydrogen-bond donors (Lipinski definition) is 1. The van der Waals surface area contributed by atoms with Gasteiger partial charge in [0.1, 0.15) is 11.4 Å². The number of ether oxygens (including phenoxy) is 2. The van der Waals surface area contributed by atoms with Gasteiger partial charge in [0.25, 0.3) is 0 Å². The number of carbonyl (C=O) groups is 1. The predicted octanol–water partition coefficient (Wildman–Crippen LogP) is 4.87. The number of fused-ring (bicyclic) bond motifs is 1. The summed E-state index contributed by atoms with van der Waals surface area (Å²) in [7, 11) is 0. The molecule has 1 aromatic rings. The molecule has 0 radical (unpaired) electrons. The van der Waals surface area contributed by atoms with E-state index in [4.69, 9.17) is 9.47 Å². The van der Waals surface area contributed by atoms with Crippen molar-refractivity contribution in [1.29, 1.82) is 0 Å². The van der Waals surface area contributed by atoms with E-state index in [-0.39, 0.29) is 17.1 Å². The molecule has 1 aromatic carbocycles. The number of benzene rings is 1. The lowest BCUT2D eigenvalue weighted by molar-refractivity contribution is -0.0171. The van der Waals surface area contributed by atoms with Crippen LogP contribution >= 0.6 is 11.9 Å². The highest BCUT2D eigenvalue weighted by Gasteiger charge is 2.41. The van der Waals surface area contributed by atoms with Gasteiger partial charge in [-0.15, -0.1) is 0 Å². The van der Waals surface area contributed by atoms with Gasteiger partial charge in [-0.3, -0.25) is 4.72 Å². The van der Waals surface area contributed by atoms with Crippen LogP contribution in [0.3, 0.4) is 0 Å². The largest absolute Gasteiger partial charge is 0.487 e. The van der Waals surface area contributed by atoms with E-state index in [1.807, 2.05) is 4.90 Å². The quantitative estimate of drug-likeness (QED) is 0.646. The Bertz CT molecular complexity index is 794. The highest BCUT2D eigenvalue weighted by Crippen LogP contribution is 2.41. The van der Waals surface area contributed by atoms with E-state index < -0.39 is 0 Å². The monoisotopic (exact) mass is 461 g/mol. The zero-order valence-corrected chi connectivity index (χ0v) is 20.9. The van der Waals surface area contributed by atoms with Crippen LogP contribution in [0.25, 0.3) is 0 Å². The Morgan fingerprint density at radius 3 is 2.56 bits per heavy atom. The Morgan fingerprint density at radius 2 is 1.91 bits per heavy atom. The SMILES string of the molecule is CSNC1CCN(c2ccc3c(c2)CCC2(CCN(C(=O)OCC(C)(C)C)CC2)O3)CC1. The number of nitrogens with zero attached hydrogens (tertiary/aromatic N) is 2. The van der Waals surface area contributed by atoms with Crippen molar-refractivity contribution < 1.29 is 14.3 Å². The third-order valence-electron chi connectivity index (χ3n) is 6.93. The van der Waals surface area contributed by atoms with Crippen LogP contribution in [0.4, 0.5) is 10.5 Å². The van der Waals surface area contributed by atoms with Gasteiger partial charge in [-0.2, -0.15) is 0 Å². The Labute approximate surface area is 197 Å². The molecule has 0 aromatic heterocycles. The van der Waals surface area contributed by atoms with Gasteiger partial charge in [-0.1, -0.05) is 32.7 Å². The minimum absolute atomic E-state index is 0.0108. The van der Waals surface area contributed by atoms with Crippen LogP contribution in [-0.4, -0.2) is 61.7 Å². The van der Waals surface area contributed by atoms with Crippen LogP contribution in [0.5, 0.6) is 5.75 Å². The Kier molecular flexibility index (Phi) is 7.15. The van der Waals surface area contributed by atoms with Gasteiger partial charge in [-0.05, 0) is 61.1 Å². The molecule has 1 amide bonds. The second-order valence-electron chi connectivity index (χ2n) is 10.8. The summed E-state index contributed by atoms with van der Waals surface area (Å²) in [5.41, 5.74) is 2.49. The van der Waals surface area contributed by atoms with E-state index >= 15 is 0 Å². The number of aryl methyl sites for hydroxylation is 1. The Hall–Kier alpha value is -1.60. The molecule has 1 N–H and O–H groups in total. The average Bonchev–Trinajstić information content (AvgIpc) is 2.78. The van der Waals surface area contributed by atoms with E-state index in [2.05, 4.69) is 54.8 Å². The number of amides is 1. The summed E-state index contributed by atoms with van der Waals surface area (Å²) in [6.07, 6.45) is 8.09. The molecule has 0 atom stereocenters. The zero-order chi connectivity index (χ0) is 22.8. The van der Waals surface area contributed by atoms with Gasteiger partial charge in [-0.25, -0.2) is 4.79 Å². The molecule has 2 saturated heterocycles. The lowest BCUT2D eigenvalue weighted by atomic mass is 9.83. The molecule has 0 aliphatic carbocycles. The first kappa shape index (κ1) is 23.6. The molecule has 3 heterocycles. The molecule has 4 rings (SSSR count). The van der Waals surface area contributed by atoms with Crippen LogP contribution in [0.2, 0.25) is 0 Å². The van der Waals surface area contributed by atoms with Crippen molar-refractivity contribution in [3.05, 3.63) is 23.8 Å². The first-order chi connectivity index (χ1) is 15.3. The maximum Gasteiger partial charge on any atom is 0.409 e. The summed E-state index contributed by atoms with van der Waals surface area (Å²) in [4.78, 5) is 16.8. The van der Waals surface area contributed by atoms with Crippen LogP contribution in [-0.2, 0) is 11.2 Å². The van der Waals surface area contributed by atoms with Crippen molar-refractivity contribution >= 4 is 23.7 Å². The lowest BCUT2D eigenvalue weighted by Crippen LogP contribution is -2.51. The average molecular weight is 462 g/mol. The summed E-state index contributed by atoms with van der Waals surface area (Å²) in [5.74, 6) is 1.03. The van der Waals surface area contributed by atoms with Crippen LogP contribution in [0, 0.1) is 5.41 Å². The summed E-state index contributed by atoms with van der Waals surface area (Å²) < 4.78 is 15.6. The van der Waals surface area contributed by atoms with Crippen LogP contribution in [0.15, 0.2) is 18.2 Å². The van der Waals surface area contributed by atoms with Crippen LogP contribution < -0.4 is 14.4 Å². The topological polar surface area (TPSA) is 54.0 Å². The van der Waals surface area contributed by atoms with Gasteiger partial charge in [0.2, 0.25) is 0 Å². The fourth-order valence-corrected chi connectivity index (χ4v) is 5.51. The molecular formula is C25H39N3O3S. The highest BCUT2D eigenvalue weighted by atomic mass is 32.2. The predicted molar refractivity (Wildman–Crippen MR) is 132 cm³/mol. The molecule has 1 spiro atoms. The molecule has 6 nitrogen and oxygen atoms in total. The molecule has 0 saturated carbocycles.